The maximum atomic E-state index is 12.8. The average Bonchev–Trinajstić information content (AvgIpc) is 2.53. The molecule has 108 valence electrons. The zero-order valence-corrected chi connectivity index (χ0v) is 12.4. The van der Waals surface area contributed by atoms with Crippen molar-refractivity contribution in [2.24, 2.45) is 0 Å². The molecule has 0 aromatic heterocycles. The van der Waals surface area contributed by atoms with Crippen molar-refractivity contribution in [3.05, 3.63) is 60.2 Å². The average molecular weight is 301 g/mol. The van der Waals surface area contributed by atoms with Crippen LogP contribution >= 0.6 is 0 Å². The number of benzene rings is 2. The summed E-state index contributed by atoms with van der Waals surface area (Å²) in [5.41, 5.74) is 0.613. The maximum absolute atomic E-state index is 12.8. The SMILES string of the molecule is COc1cccc(S(=O)(=O)C(CC#N)c2ccccc2)c1. The van der Waals surface area contributed by atoms with Gasteiger partial charge >= 0.3 is 0 Å². The van der Waals surface area contributed by atoms with Crippen molar-refractivity contribution in [3.63, 3.8) is 0 Å². The van der Waals surface area contributed by atoms with Gasteiger partial charge in [0.1, 0.15) is 11.0 Å². The van der Waals surface area contributed by atoms with Crippen LogP contribution in [0.4, 0.5) is 0 Å². The van der Waals surface area contributed by atoms with Crippen molar-refractivity contribution in [1.29, 1.82) is 5.26 Å². The molecule has 0 amide bonds. The van der Waals surface area contributed by atoms with Crippen LogP contribution in [-0.4, -0.2) is 15.5 Å². The van der Waals surface area contributed by atoms with Crippen LogP contribution in [0.1, 0.15) is 17.2 Å². The van der Waals surface area contributed by atoms with Crippen molar-refractivity contribution in [2.75, 3.05) is 7.11 Å². The number of nitrogens with zero attached hydrogens (tertiary/aromatic N) is 1. The van der Waals surface area contributed by atoms with Gasteiger partial charge in [0.05, 0.1) is 24.5 Å². The van der Waals surface area contributed by atoms with Crippen molar-refractivity contribution in [3.8, 4) is 11.8 Å². The van der Waals surface area contributed by atoms with E-state index in [1.54, 1.807) is 36.4 Å². The zero-order valence-electron chi connectivity index (χ0n) is 11.6. The Morgan fingerprint density at radius 1 is 1.14 bits per heavy atom. The molecule has 2 aromatic rings. The lowest BCUT2D eigenvalue weighted by Crippen LogP contribution is -2.13. The van der Waals surface area contributed by atoms with Crippen molar-refractivity contribution in [2.45, 2.75) is 16.6 Å². The topological polar surface area (TPSA) is 67.2 Å². The molecule has 0 heterocycles. The molecule has 4 nitrogen and oxygen atoms in total. The second-order valence-corrected chi connectivity index (χ2v) is 6.62. The van der Waals surface area contributed by atoms with Gasteiger partial charge < -0.3 is 4.74 Å². The fourth-order valence-electron chi connectivity index (χ4n) is 2.10. The molecule has 1 unspecified atom stereocenters. The molecule has 0 aliphatic rings. The second-order valence-electron chi connectivity index (χ2n) is 4.49. The van der Waals surface area contributed by atoms with Crippen molar-refractivity contribution >= 4 is 9.84 Å². The third-order valence-corrected chi connectivity index (χ3v) is 5.29. The molecular weight excluding hydrogens is 286 g/mol. The van der Waals surface area contributed by atoms with Crippen LogP contribution in [0.3, 0.4) is 0 Å². The lowest BCUT2D eigenvalue weighted by atomic mass is 10.1. The van der Waals surface area contributed by atoms with Crippen LogP contribution in [0.15, 0.2) is 59.5 Å². The molecule has 0 N–H and O–H groups in total. The van der Waals surface area contributed by atoms with E-state index in [1.807, 2.05) is 12.1 Å². The number of nitriles is 1. The summed E-state index contributed by atoms with van der Waals surface area (Å²) in [4.78, 5) is 0.158. The van der Waals surface area contributed by atoms with E-state index in [2.05, 4.69) is 0 Å². The normalized spacial score (nSPS) is 12.4. The number of ether oxygens (including phenoxy) is 1. The Morgan fingerprint density at radius 3 is 2.48 bits per heavy atom. The molecule has 5 heteroatoms. The molecule has 0 fully saturated rings. The van der Waals surface area contributed by atoms with Gasteiger partial charge in [-0.25, -0.2) is 8.42 Å². The van der Waals surface area contributed by atoms with E-state index in [-0.39, 0.29) is 11.3 Å². The highest BCUT2D eigenvalue weighted by Gasteiger charge is 2.29. The molecule has 21 heavy (non-hydrogen) atoms. The van der Waals surface area contributed by atoms with Crippen LogP contribution in [0, 0.1) is 11.3 Å². The van der Waals surface area contributed by atoms with Gasteiger partial charge in [-0.2, -0.15) is 5.26 Å². The number of hydrogen-bond donors (Lipinski definition) is 0. The van der Waals surface area contributed by atoms with E-state index in [0.717, 1.165) is 0 Å². The minimum absolute atomic E-state index is 0.0937. The van der Waals surface area contributed by atoms with Gasteiger partial charge in [0, 0.05) is 0 Å². The summed E-state index contributed by atoms with van der Waals surface area (Å²) in [6, 6.07) is 17.0. The number of methoxy groups -OCH3 is 1. The summed E-state index contributed by atoms with van der Waals surface area (Å²) in [5, 5.41) is 8.09. The molecular formula is C16H15NO3S. The Labute approximate surface area is 124 Å². The third-order valence-electron chi connectivity index (χ3n) is 3.19. The fourth-order valence-corrected chi connectivity index (χ4v) is 3.79. The Hall–Kier alpha value is -2.32. The Morgan fingerprint density at radius 2 is 1.86 bits per heavy atom. The first-order valence-corrected chi connectivity index (χ1v) is 7.94. The van der Waals surface area contributed by atoms with Crippen LogP contribution in [0.2, 0.25) is 0 Å². The van der Waals surface area contributed by atoms with Gasteiger partial charge in [-0.3, -0.25) is 0 Å². The molecule has 0 aliphatic heterocycles. The predicted molar refractivity (Wildman–Crippen MR) is 79.6 cm³/mol. The van der Waals surface area contributed by atoms with E-state index >= 15 is 0 Å². The van der Waals surface area contributed by atoms with Gasteiger partial charge in [0.25, 0.3) is 0 Å². The zero-order chi connectivity index (χ0) is 15.3. The molecule has 1 atom stereocenters. The van der Waals surface area contributed by atoms with E-state index in [1.165, 1.54) is 19.2 Å². The Kier molecular flexibility index (Phi) is 4.61. The summed E-state index contributed by atoms with van der Waals surface area (Å²) in [6.07, 6.45) is -0.0937. The second kappa shape index (κ2) is 6.42. The lowest BCUT2D eigenvalue weighted by Gasteiger charge is -2.16. The molecule has 0 radical (unpaired) electrons. The first kappa shape index (κ1) is 15.1. The molecule has 0 spiro atoms. The predicted octanol–water partition coefficient (Wildman–Crippen LogP) is 3.12. The van der Waals surface area contributed by atoms with Crippen molar-refractivity contribution < 1.29 is 13.2 Å². The standard InChI is InChI=1S/C16H15NO3S/c1-20-14-8-5-9-15(12-14)21(18,19)16(10-11-17)13-6-3-2-4-7-13/h2-9,12,16H,10H2,1H3. The highest BCUT2D eigenvalue weighted by molar-refractivity contribution is 7.91. The summed E-state index contributed by atoms with van der Waals surface area (Å²) >= 11 is 0. The molecule has 2 rings (SSSR count). The minimum Gasteiger partial charge on any atom is -0.497 e. The fraction of sp³-hybridized carbons (Fsp3) is 0.188. The number of sulfone groups is 1. The molecule has 0 saturated heterocycles. The first-order chi connectivity index (χ1) is 10.1. The molecule has 0 bridgehead atoms. The summed E-state index contributed by atoms with van der Waals surface area (Å²) in [6.45, 7) is 0. The van der Waals surface area contributed by atoms with E-state index < -0.39 is 15.1 Å². The van der Waals surface area contributed by atoms with Gasteiger partial charge in [-0.05, 0) is 23.8 Å². The number of hydrogen-bond acceptors (Lipinski definition) is 4. The van der Waals surface area contributed by atoms with Crippen LogP contribution < -0.4 is 4.74 Å². The lowest BCUT2D eigenvalue weighted by molar-refractivity contribution is 0.413. The summed E-state index contributed by atoms with van der Waals surface area (Å²) in [5.74, 6) is 0.472. The van der Waals surface area contributed by atoms with Gasteiger partial charge in [-0.15, -0.1) is 0 Å². The van der Waals surface area contributed by atoms with E-state index in [9.17, 15) is 8.42 Å². The van der Waals surface area contributed by atoms with Gasteiger partial charge in [0.15, 0.2) is 9.84 Å². The van der Waals surface area contributed by atoms with Crippen LogP contribution in [0.5, 0.6) is 5.75 Å². The Balaban J connectivity index is 2.50. The molecule has 0 saturated carbocycles. The summed E-state index contributed by atoms with van der Waals surface area (Å²) < 4.78 is 30.6. The summed E-state index contributed by atoms with van der Waals surface area (Å²) in [7, 11) is -2.17. The third kappa shape index (κ3) is 3.23. The monoisotopic (exact) mass is 301 g/mol. The van der Waals surface area contributed by atoms with E-state index in [4.69, 9.17) is 10.00 Å². The quantitative estimate of drug-likeness (QED) is 0.851. The van der Waals surface area contributed by atoms with Crippen LogP contribution in [-0.2, 0) is 9.84 Å². The van der Waals surface area contributed by atoms with Crippen molar-refractivity contribution in [1.82, 2.24) is 0 Å². The molecule has 0 aliphatic carbocycles. The van der Waals surface area contributed by atoms with Gasteiger partial charge in [-0.1, -0.05) is 36.4 Å². The highest BCUT2D eigenvalue weighted by Crippen LogP contribution is 2.32. The van der Waals surface area contributed by atoms with E-state index in [0.29, 0.717) is 11.3 Å². The number of rotatable bonds is 5. The van der Waals surface area contributed by atoms with Gasteiger partial charge in [0.2, 0.25) is 0 Å². The maximum Gasteiger partial charge on any atom is 0.186 e. The first-order valence-electron chi connectivity index (χ1n) is 6.39. The minimum atomic E-state index is -3.65. The molecule has 2 aromatic carbocycles. The van der Waals surface area contributed by atoms with Crippen LogP contribution in [0.25, 0.3) is 0 Å². The Bertz CT molecular complexity index is 749. The largest absolute Gasteiger partial charge is 0.497 e. The smallest absolute Gasteiger partial charge is 0.186 e. The highest BCUT2D eigenvalue weighted by atomic mass is 32.2.